The van der Waals surface area contributed by atoms with Gasteiger partial charge in [-0.2, -0.15) is 0 Å². The van der Waals surface area contributed by atoms with E-state index < -0.39 is 0 Å². The molecular formula is C13H25N5. The smallest absolute Gasteiger partial charge is 0.0828 e. The number of hydrazine groups is 1. The highest BCUT2D eigenvalue weighted by atomic mass is 15.3. The number of rotatable bonds is 7. The maximum absolute atomic E-state index is 5.77. The number of nitrogens with two attached hydrogens (primary N) is 1. The summed E-state index contributed by atoms with van der Waals surface area (Å²) in [7, 11) is 0. The van der Waals surface area contributed by atoms with E-state index in [1.165, 1.54) is 0 Å². The third-order valence-electron chi connectivity index (χ3n) is 3.87. The van der Waals surface area contributed by atoms with Gasteiger partial charge in [-0.05, 0) is 26.4 Å². The molecule has 0 bridgehead atoms. The minimum atomic E-state index is -0.0751. The van der Waals surface area contributed by atoms with Gasteiger partial charge in [0.05, 0.1) is 17.9 Å². The van der Waals surface area contributed by atoms with Crippen LogP contribution in [0.25, 0.3) is 0 Å². The van der Waals surface area contributed by atoms with E-state index in [0.29, 0.717) is 0 Å². The Kier molecular flexibility index (Phi) is 5.65. The van der Waals surface area contributed by atoms with Crippen LogP contribution in [0.3, 0.4) is 0 Å². The van der Waals surface area contributed by atoms with Gasteiger partial charge in [-0.3, -0.25) is 20.7 Å². The quantitative estimate of drug-likeness (QED) is 0.568. The number of hydrogen-bond acceptors (Lipinski definition) is 5. The summed E-state index contributed by atoms with van der Waals surface area (Å²) in [5.41, 5.74) is 3.73. The first-order valence-electron chi connectivity index (χ1n) is 6.61. The third kappa shape index (κ3) is 2.85. The molecule has 3 N–H and O–H groups in total. The molecule has 2 unspecified atom stereocenters. The van der Waals surface area contributed by atoms with Crippen molar-refractivity contribution in [2.24, 2.45) is 5.84 Å². The molecule has 0 aromatic carbocycles. The molecule has 0 amide bonds. The van der Waals surface area contributed by atoms with Crippen LogP contribution in [-0.4, -0.2) is 33.5 Å². The molecule has 0 spiro atoms. The van der Waals surface area contributed by atoms with Gasteiger partial charge in [-0.25, -0.2) is 5.43 Å². The monoisotopic (exact) mass is 251 g/mol. The van der Waals surface area contributed by atoms with Crippen LogP contribution in [0.1, 0.15) is 45.9 Å². The predicted octanol–water partition coefficient (Wildman–Crippen LogP) is 1.49. The third-order valence-corrected chi connectivity index (χ3v) is 3.87. The lowest BCUT2D eigenvalue weighted by atomic mass is 9.85. The van der Waals surface area contributed by atoms with Gasteiger partial charge in [-0.1, -0.05) is 20.8 Å². The molecule has 0 saturated carbocycles. The van der Waals surface area contributed by atoms with Crippen LogP contribution in [-0.2, 0) is 0 Å². The molecule has 0 fully saturated rings. The highest BCUT2D eigenvalue weighted by Crippen LogP contribution is 2.32. The Labute approximate surface area is 110 Å². The highest BCUT2D eigenvalue weighted by molar-refractivity contribution is 5.11. The molecule has 0 aliphatic carbocycles. The summed E-state index contributed by atoms with van der Waals surface area (Å²) in [6, 6.07) is -0.0314. The molecule has 1 aromatic heterocycles. The minimum absolute atomic E-state index is 0.0314. The molecule has 1 aromatic rings. The van der Waals surface area contributed by atoms with E-state index in [9.17, 15) is 0 Å². The number of nitrogens with zero attached hydrogens (tertiary/aromatic N) is 3. The fourth-order valence-corrected chi connectivity index (χ4v) is 2.60. The summed E-state index contributed by atoms with van der Waals surface area (Å²) < 4.78 is 0. The van der Waals surface area contributed by atoms with Crippen molar-refractivity contribution in [2.75, 3.05) is 13.1 Å². The second kappa shape index (κ2) is 6.78. The van der Waals surface area contributed by atoms with Gasteiger partial charge in [0.2, 0.25) is 0 Å². The van der Waals surface area contributed by atoms with Gasteiger partial charge in [-0.15, -0.1) is 0 Å². The standard InChI is InChI=1S/C13H25N5/c1-5-13(4,18(6-2)7-3)12(17-14)11-10-15-8-9-16-11/h8-10,12,17H,5-7,14H2,1-4H3. The fraction of sp³-hybridized carbons (Fsp3) is 0.692. The van der Waals surface area contributed by atoms with E-state index in [1.54, 1.807) is 18.6 Å². The van der Waals surface area contributed by atoms with Gasteiger partial charge >= 0.3 is 0 Å². The van der Waals surface area contributed by atoms with Crippen molar-refractivity contribution in [3.05, 3.63) is 24.3 Å². The molecule has 2 atom stereocenters. The zero-order chi connectivity index (χ0) is 13.6. The number of aromatic nitrogens is 2. The Morgan fingerprint density at radius 3 is 2.39 bits per heavy atom. The van der Waals surface area contributed by atoms with Gasteiger partial charge < -0.3 is 0 Å². The lowest BCUT2D eigenvalue weighted by Gasteiger charge is -2.45. The first-order chi connectivity index (χ1) is 8.63. The summed E-state index contributed by atoms with van der Waals surface area (Å²) in [5.74, 6) is 5.77. The fourth-order valence-electron chi connectivity index (χ4n) is 2.60. The summed E-state index contributed by atoms with van der Waals surface area (Å²) in [6.07, 6.45) is 6.15. The van der Waals surface area contributed by atoms with Crippen LogP contribution in [0.5, 0.6) is 0 Å². The van der Waals surface area contributed by atoms with Crippen molar-refractivity contribution < 1.29 is 0 Å². The van der Waals surface area contributed by atoms with Gasteiger partial charge in [0.1, 0.15) is 0 Å². The summed E-state index contributed by atoms with van der Waals surface area (Å²) >= 11 is 0. The summed E-state index contributed by atoms with van der Waals surface area (Å²) in [6.45, 7) is 10.7. The number of hydrogen-bond donors (Lipinski definition) is 2. The van der Waals surface area contributed by atoms with Gasteiger partial charge in [0, 0.05) is 17.9 Å². The first-order valence-corrected chi connectivity index (χ1v) is 6.61. The normalized spacial score (nSPS) is 16.6. The van der Waals surface area contributed by atoms with Crippen LogP contribution in [0.15, 0.2) is 18.6 Å². The van der Waals surface area contributed by atoms with Gasteiger partial charge in [0.15, 0.2) is 0 Å². The maximum atomic E-state index is 5.77. The average molecular weight is 251 g/mol. The molecule has 5 nitrogen and oxygen atoms in total. The second-order valence-electron chi connectivity index (χ2n) is 4.61. The van der Waals surface area contributed by atoms with Crippen LogP contribution in [0, 0.1) is 0 Å². The summed E-state index contributed by atoms with van der Waals surface area (Å²) in [5, 5.41) is 0. The number of likely N-dealkylation sites (N-methyl/N-ethyl adjacent to an activating group) is 1. The van der Waals surface area contributed by atoms with Crippen LogP contribution >= 0.6 is 0 Å². The summed E-state index contributed by atoms with van der Waals surface area (Å²) in [4.78, 5) is 10.9. The Morgan fingerprint density at radius 2 is 2.00 bits per heavy atom. The zero-order valence-electron chi connectivity index (χ0n) is 11.8. The molecule has 5 heteroatoms. The van der Waals surface area contributed by atoms with E-state index in [-0.39, 0.29) is 11.6 Å². The van der Waals surface area contributed by atoms with Crippen molar-refractivity contribution in [3.8, 4) is 0 Å². The molecule has 1 heterocycles. The lowest BCUT2D eigenvalue weighted by Crippen LogP contribution is -2.56. The lowest BCUT2D eigenvalue weighted by molar-refractivity contribution is 0.0681. The molecule has 18 heavy (non-hydrogen) atoms. The van der Waals surface area contributed by atoms with E-state index in [0.717, 1.165) is 25.2 Å². The van der Waals surface area contributed by atoms with Crippen molar-refractivity contribution >= 4 is 0 Å². The van der Waals surface area contributed by atoms with Crippen LogP contribution in [0.2, 0.25) is 0 Å². The largest absolute Gasteiger partial charge is 0.296 e. The Morgan fingerprint density at radius 1 is 1.33 bits per heavy atom. The Bertz CT molecular complexity index is 338. The van der Waals surface area contributed by atoms with Crippen molar-refractivity contribution in [1.29, 1.82) is 0 Å². The minimum Gasteiger partial charge on any atom is -0.296 e. The average Bonchev–Trinajstić information content (AvgIpc) is 2.42. The molecule has 0 radical (unpaired) electrons. The topological polar surface area (TPSA) is 67.1 Å². The van der Waals surface area contributed by atoms with Crippen LogP contribution in [0.4, 0.5) is 0 Å². The molecule has 0 aliphatic heterocycles. The van der Waals surface area contributed by atoms with Gasteiger partial charge in [0.25, 0.3) is 0 Å². The molecule has 1 rings (SSSR count). The van der Waals surface area contributed by atoms with Crippen molar-refractivity contribution in [1.82, 2.24) is 20.3 Å². The Balaban J connectivity index is 3.11. The SMILES string of the molecule is CCN(CC)C(C)(CC)C(NN)c1cnccn1. The van der Waals surface area contributed by atoms with Crippen molar-refractivity contribution in [3.63, 3.8) is 0 Å². The molecule has 102 valence electrons. The van der Waals surface area contributed by atoms with E-state index in [4.69, 9.17) is 5.84 Å². The highest BCUT2D eigenvalue weighted by Gasteiger charge is 2.38. The second-order valence-corrected chi connectivity index (χ2v) is 4.61. The van der Waals surface area contributed by atoms with Crippen molar-refractivity contribution in [2.45, 2.75) is 45.7 Å². The molecular weight excluding hydrogens is 226 g/mol. The molecule has 0 saturated heterocycles. The molecule has 0 aliphatic rings. The predicted molar refractivity (Wildman–Crippen MR) is 73.7 cm³/mol. The zero-order valence-corrected chi connectivity index (χ0v) is 11.8. The maximum Gasteiger partial charge on any atom is 0.0828 e. The number of nitrogens with one attached hydrogen (secondary N) is 1. The van der Waals surface area contributed by atoms with E-state index >= 15 is 0 Å². The first kappa shape index (κ1) is 15.0. The Hall–Kier alpha value is -1.04. The van der Waals surface area contributed by atoms with E-state index in [1.807, 2.05) is 0 Å². The van der Waals surface area contributed by atoms with Crippen LogP contribution < -0.4 is 11.3 Å². The van der Waals surface area contributed by atoms with E-state index in [2.05, 4.69) is 48.0 Å².